The van der Waals surface area contributed by atoms with Gasteiger partial charge in [-0.3, -0.25) is 14.2 Å². The Hall–Kier alpha value is -2.15. The van der Waals surface area contributed by atoms with Gasteiger partial charge in [0.2, 0.25) is 5.91 Å². The summed E-state index contributed by atoms with van der Waals surface area (Å²) >= 11 is 4.27. The van der Waals surface area contributed by atoms with E-state index in [4.69, 9.17) is 5.26 Å². The number of thioether (sulfide) groups is 1. The summed E-state index contributed by atoms with van der Waals surface area (Å²) in [5, 5.41) is 13.7. The number of hydrogen-bond acceptors (Lipinski definition) is 7. The highest BCUT2D eigenvalue weighted by Crippen LogP contribution is 2.34. The highest BCUT2D eigenvalue weighted by Gasteiger charge is 2.17. The predicted octanol–water partition coefficient (Wildman–Crippen LogP) is 3.19. The Bertz CT molecular complexity index is 1030. The van der Waals surface area contributed by atoms with Gasteiger partial charge in [0, 0.05) is 36.5 Å². The van der Waals surface area contributed by atoms with Gasteiger partial charge in [0.25, 0.3) is 5.56 Å². The lowest BCUT2D eigenvalue weighted by atomic mass is 10.2. The van der Waals surface area contributed by atoms with Gasteiger partial charge in [0.1, 0.15) is 4.83 Å². The van der Waals surface area contributed by atoms with Gasteiger partial charge in [-0.25, -0.2) is 4.98 Å². The van der Waals surface area contributed by atoms with Gasteiger partial charge < -0.3 is 4.90 Å². The topological polar surface area (TPSA) is 79.0 Å². The minimum atomic E-state index is -0.104. The highest BCUT2D eigenvalue weighted by atomic mass is 32.2. The van der Waals surface area contributed by atoms with Gasteiger partial charge in [-0.2, -0.15) is 5.26 Å². The Balaban J connectivity index is 1.85. The largest absolute Gasteiger partial charge is 0.344 e. The molecule has 0 aromatic carbocycles. The monoisotopic (exact) mass is 404 g/mol. The number of rotatable bonds is 6. The van der Waals surface area contributed by atoms with Crippen molar-refractivity contribution in [2.45, 2.75) is 11.6 Å². The summed E-state index contributed by atoms with van der Waals surface area (Å²) in [5.74, 6) is 0.0849. The standard InChI is InChI=1S/C17H16N4O2S3/c1-20(7-4-6-18)13(22)10-26-17-19-15-14(16(23)21(17)2)11(9-25-15)12-5-3-8-24-12/h3,5,8-9H,4,7,10H2,1-2H3. The SMILES string of the molecule is CN(CCC#N)C(=O)CSc1nc2scc(-c3cccs3)c2c(=O)n1C. The summed E-state index contributed by atoms with van der Waals surface area (Å²) in [5.41, 5.74) is 0.810. The first-order valence-corrected chi connectivity index (χ1v) is 10.5. The number of thiophene rings is 2. The molecular formula is C17H16N4O2S3. The van der Waals surface area contributed by atoms with Crippen molar-refractivity contribution in [2.75, 3.05) is 19.3 Å². The molecule has 0 unspecified atom stereocenters. The number of amides is 1. The van der Waals surface area contributed by atoms with Crippen molar-refractivity contribution in [1.82, 2.24) is 14.5 Å². The maximum atomic E-state index is 12.8. The molecule has 0 aliphatic carbocycles. The first-order valence-electron chi connectivity index (χ1n) is 7.78. The Labute approximate surface area is 162 Å². The summed E-state index contributed by atoms with van der Waals surface area (Å²) in [6.45, 7) is 0.399. The van der Waals surface area contributed by atoms with E-state index in [9.17, 15) is 9.59 Å². The molecule has 0 fully saturated rings. The summed E-state index contributed by atoms with van der Waals surface area (Å²) in [7, 11) is 3.35. The van der Waals surface area contributed by atoms with Crippen LogP contribution in [-0.4, -0.2) is 39.7 Å². The molecule has 0 bridgehead atoms. The maximum absolute atomic E-state index is 12.8. The minimum absolute atomic E-state index is 0.0925. The van der Waals surface area contributed by atoms with Gasteiger partial charge in [-0.1, -0.05) is 17.8 Å². The van der Waals surface area contributed by atoms with Crippen LogP contribution < -0.4 is 5.56 Å². The van der Waals surface area contributed by atoms with Crippen molar-refractivity contribution in [3.8, 4) is 16.5 Å². The van der Waals surface area contributed by atoms with Crippen LogP contribution in [0, 0.1) is 11.3 Å². The second-order valence-electron chi connectivity index (χ2n) is 5.58. The first kappa shape index (κ1) is 18.6. The zero-order valence-corrected chi connectivity index (χ0v) is 16.7. The van der Waals surface area contributed by atoms with Crippen molar-refractivity contribution in [3.05, 3.63) is 33.2 Å². The molecule has 3 rings (SSSR count). The molecular weight excluding hydrogens is 388 g/mol. The average Bonchev–Trinajstić information content (AvgIpc) is 3.30. The van der Waals surface area contributed by atoms with Crippen molar-refractivity contribution in [1.29, 1.82) is 5.26 Å². The van der Waals surface area contributed by atoms with Gasteiger partial charge in [-0.15, -0.1) is 22.7 Å². The van der Waals surface area contributed by atoms with E-state index < -0.39 is 0 Å². The van der Waals surface area contributed by atoms with Crippen LogP contribution in [0.15, 0.2) is 32.8 Å². The molecule has 0 radical (unpaired) electrons. The van der Waals surface area contributed by atoms with E-state index in [1.54, 1.807) is 25.4 Å². The van der Waals surface area contributed by atoms with Crippen LogP contribution in [0.25, 0.3) is 20.7 Å². The Kier molecular flexibility index (Phi) is 5.76. The molecule has 0 N–H and O–H groups in total. The molecule has 6 nitrogen and oxygen atoms in total. The number of nitrogens with zero attached hydrogens (tertiary/aromatic N) is 4. The molecule has 0 spiro atoms. The lowest BCUT2D eigenvalue weighted by Crippen LogP contribution is -2.29. The third-order valence-corrected chi connectivity index (χ3v) is 6.66. The molecule has 26 heavy (non-hydrogen) atoms. The van der Waals surface area contributed by atoms with Gasteiger partial charge in [-0.05, 0) is 11.4 Å². The normalized spacial score (nSPS) is 10.8. The van der Waals surface area contributed by atoms with E-state index in [0.717, 1.165) is 10.4 Å². The molecule has 0 aliphatic heterocycles. The lowest BCUT2D eigenvalue weighted by molar-refractivity contribution is -0.127. The lowest BCUT2D eigenvalue weighted by Gasteiger charge is -2.15. The summed E-state index contributed by atoms with van der Waals surface area (Å²) in [4.78, 5) is 32.8. The van der Waals surface area contributed by atoms with E-state index in [1.165, 1.54) is 32.6 Å². The minimum Gasteiger partial charge on any atom is -0.344 e. The fraction of sp³-hybridized carbons (Fsp3) is 0.294. The third kappa shape index (κ3) is 3.67. The second kappa shape index (κ2) is 8.03. The van der Waals surface area contributed by atoms with Crippen LogP contribution in [0.1, 0.15) is 6.42 Å². The van der Waals surface area contributed by atoms with Crippen molar-refractivity contribution >= 4 is 50.6 Å². The fourth-order valence-electron chi connectivity index (χ4n) is 2.37. The van der Waals surface area contributed by atoms with E-state index in [-0.39, 0.29) is 17.2 Å². The van der Waals surface area contributed by atoms with Crippen LogP contribution in [-0.2, 0) is 11.8 Å². The molecule has 3 heterocycles. The predicted molar refractivity (Wildman–Crippen MR) is 107 cm³/mol. The fourth-order valence-corrected chi connectivity index (χ4v) is 5.09. The number of nitriles is 1. The molecule has 9 heteroatoms. The zero-order valence-electron chi connectivity index (χ0n) is 14.3. The van der Waals surface area contributed by atoms with Gasteiger partial charge in [0.05, 0.1) is 23.6 Å². The van der Waals surface area contributed by atoms with Crippen LogP contribution in [0.3, 0.4) is 0 Å². The summed E-state index contributed by atoms with van der Waals surface area (Å²) in [6, 6.07) is 5.97. The van der Waals surface area contributed by atoms with Crippen molar-refractivity contribution in [2.24, 2.45) is 7.05 Å². The van der Waals surface area contributed by atoms with Crippen LogP contribution in [0.2, 0.25) is 0 Å². The Morgan fingerprint density at radius 2 is 2.27 bits per heavy atom. The number of carbonyl (C=O) groups is 1. The first-order chi connectivity index (χ1) is 12.5. The number of aromatic nitrogens is 2. The van der Waals surface area contributed by atoms with Gasteiger partial charge in [0.15, 0.2) is 5.16 Å². The molecule has 0 aliphatic rings. The Morgan fingerprint density at radius 1 is 1.46 bits per heavy atom. The molecule has 3 aromatic heterocycles. The zero-order chi connectivity index (χ0) is 18.7. The molecule has 3 aromatic rings. The quantitative estimate of drug-likeness (QED) is 0.466. The van der Waals surface area contributed by atoms with E-state index >= 15 is 0 Å². The molecule has 0 saturated heterocycles. The van der Waals surface area contributed by atoms with Crippen molar-refractivity contribution in [3.63, 3.8) is 0 Å². The summed E-state index contributed by atoms with van der Waals surface area (Å²) < 4.78 is 1.50. The number of hydrogen-bond donors (Lipinski definition) is 0. The number of fused-ring (bicyclic) bond motifs is 1. The maximum Gasteiger partial charge on any atom is 0.263 e. The average molecular weight is 405 g/mol. The number of carbonyl (C=O) groups excluding carboxylic acids is 1. The molecule has 1 amide bonds. The van der Waals surface area contributed by atoms with E-state index in [1.807, 2.05) is 29.0 Å². The van der Waals surface area contributed by atoms with Crippen LogP contribution in [0.4, 0.5) is 0 Å². The summed E-state index contributed by atoms with van der Waals surface area (Å²) in [6.07, 6.45) is 0.302. The van der Waals surface area contributed by atoms with E-state index in [2.05, 4.69) is 4.98 Å². The van der Waals surface area contributed by atoms with Gasteiger partial charge >= 0.3 is 0 Å². The van der Waals surface area contributed by atoms with Crippen molar-refractivity contribution < 1.29 is 4.79 Å². The van der Waals surface area contributed by atoms with Crippen LogP contribution >= 0.6 is 34.4 Å². The Morgan fingerprint density at radius 3 is 2.96 bits per heavy atom. The van der Waals surface area contributed by atoms with E-state index in [0.29, 0.717) is 28.3 Å². The third-order valence-electron chi connectivity index (χ3n) is 3.87. The molecule has 134 valence electrons. The smallest absolute Gasteiger partial charge is 0.263 e. The molecule has 0 saturated carbocycles. The van der Waals surface area contributed by atoms with Crippen LogP contribution in [0.5, 0.6) is 0 Å². The second-order valence-corrected chi connectivity index (χ2v) is 8.33. The highest BCUT2D eigenvalue weighted by molar-refractivity contribution is 7.99. The molecule has 0 atom stereocenters.